The SMILES string of the molecule is CC(C)(Cc1c(O)c(F)cc(Br)c1F)C(=O)O. The Kier molecular flexibility index (Phi) is 3.76. The molecule has 94 valence electrons. The molecular formula is C11H11BrF2O3. The molecule has 0 aliphatic carbocycles. The molecule has 1 aromatic rings. The van der Waals surface area contributed by atoms with Crippen LogP contribution in [0.2, 0.25) is 0 Å². The molecule has 0 saturated heterocycles. The van der Waals surface area contributed by atoms with Crippen LogP contribution in [0.15, 0.2) is 10.5 Å². The van der Waals surface area contributed by atoms with Gasteiger partial charge in [-0.15, -0.1) is 0 Å². The van der Waals surface area contributed by atoms with E-state index >= 15 is 0 Å². The van der Waals surface area contributed by atoms with Crippen LogP contribution < -0.4 is 0 Å². The monoisotopic (exact) mass is 308 g/mol. The summed E-state index contributed by atoms with van der Waals surface area (Å²) in [6, 6.07) is 0.794. The molecule has 1 aromatic carbocycles. The number of carboxylic acid groups (broad SMARTS) is 1. The highest BCUT2D eigenvalue weighted by molar-refractivity contribution is 9.10. The third-order valence-corrected chi connectivity index (χ3v) is 3.01. The lowest BCUT2D eigenvalue weighted by Crippen LogP contribution is -2.26. The molecule has 0 bridgehead atoms. The first-order chi connectivity index (χ1) is 7.66. The van der Waals surface area contributed by atoms with Gasteiger partial charge in [-0.1, -0.05) is 0 Å². The third-order valence-electron chi connectivity index (χ3n) is 2.44. The second-order valence-corrected chi connectivity index (χ2v) is 5.20. The molecule has 0 aliphatic heterocycles. The first-order valence-corrected chi connectivity index (χ1v) is 5.55. The summed E-state index contributed by atoms with van der Waals surface area (Å²) in [6.45, 7) is 2.74. The van der Waals surface area contributed by atoms with Crippen molar-refractivity contribution in [3.05, 3.63) is 27.7 Å². The van der Waals surface area contributed by atoms with E-state index in [1.54, 1.807) is 0 Å². The predicted molar refractivity (Wildman–Crippen MR) is 60.8 cm³/mol. The van der Waals surface area contributed by atoms with E-state index in [2.05, 4.69) is 15.9 Å². The smallest absolute Gasteiger partial charge is 0.309 e. The average molecular weight is 309 g/mol. The van der Waals surface area contributed by atoms with E-state index < -0.39 is 28.8 Å². The van der Waals surface area contributed by atoms with Crippen LogP contribution in [0.4, 0.5) is 8.78 Å². The van der Waals surface area contributed by atoms with Gasteiger partial charge in [-0.25, -0.2) is 8.78 Å². The zero-order valence-corrected chi connectivity index (χ0v) is 10.8. The summed E-state index contributed by atoms with van der Waals surface area (Å²) < 4.78 is 26.7. The predicted octanol–water partition coefficient (Wildman–Crippen LogP) is 3.09. The summed E-state index contributed by atoms with van der Waals surface area (Å²) in [5, 5.41) is 18.3. The molecule has 0 spiro atoms. The number of halogens is 3. The van der Waals surface area contributed by atoms with Gasteiger partial charge in [0.25, 0.3) is 0 Å². The van der Waals surface area contributed by atoms with Gasteiger partial charge in [-0.2, -0.15) is 0 Å². The first kappa shape index (κ1) is 13.9. The van der Waals surface area contributed by atoms with Gasteiger partial charge in [0.2, 0.25) is 0 Å². The number of aromatic hydroxyl groups is 1. The minimum absolute atomic E-state index is 0.149. The van der Waals surface area contributed by atoms with E-state index in [0.29, 0.717) is 0 Å². The Morgan fingerprint density at radius 2 is 2.00 bits per heavy atom. The third kappa shape index (κ3) is 2.74. The number of rotatable bonds is 3. The van der Waals surface area contributed by atoms with Crippen LogP contribution in [0.25, 0.3) is 0 Å². The number of carbonyl (C=O) groups is 1. The molecule has 0 amide bonds. The van der Waals surface area contributed by atoms with Gasteiger partial charge in [0, 0.05) is 5.56 Å². The van der Waals surface area contributed by atoms with Gasteiger partial charge >= 0.3 is 5.97 Å². The van der Waals surface area contributed by atoms with E-state index in [1.165, 1.54) is 13.8 Å². The van der Waals surface area contributed by atoms with E-state index in [1.807, 2.05) is 0 Å². The minimum Gasteiger partial charge on any atom is -0.505 e. The zero-order chi connectivity index (χ0) is 13.4. The Labute approximate surface area is 105 Å². The summed E-state index contributed by atoms with van der Waals surface area (Å²) in [6.07, 6.45) is -0.309. The topological polar surface area (TPSA) is 57.5 Å². The normalized spacial score (nSPS) is 11.6. The van der Waals surface area contributed by atoms with Gasteiger partial charge in [0.05, 0.1) is 9.89 Å². The van der Waals surface area contributed by atoms with Crippen molar-refractivity contribution < 1.29 is 23.8 Å². The van der Waals surface area contributed by atoms with Crippen LogP contribution in [0.3, 0.4) is 0 Å². The van der Waals surface area contributed by atoms with Crippen LogP contribution in [0, 0.1) is 17.0 Å². The van der Waals surface area contributed by atoms with Gasteiger partial charge in [-0.3, -0.25) is 4.79 Å². The van der Waals surface area contributed by atoms with E-state index in [0.717, 1.165) is 6.07 Å². The van der Waals surface area contributed by atoms with Crippen molar-refractivity contribution in [2.75, 3.05) is 0 Å². The van der Waals surface area contributed by atoms with Crippen molar-refractivity contribution in [3.63, 3.8) is 0 Å². The lowest BCUT2D eigenvalue weighted by atomic mass is 9.85. The number of hydrogen-bond acceptors (Lipinski definition) is 2. The van der Waals surface area contributed by atoms with Crippen LogP contribution in [0.1, 0.15) is 19.4 Å². The number of carboxylic acids is 1. The lowest BCUT2D eigenvalue weighted by molar-refractivity contribution is -0.146. The Morgan fingerprint density at radius 3 is 2.47 bits per heavy atom. The minimum atomic E-state index is -1.30. The standard InChI is InChI=1S/C11H11BrF2O3/c1-11(2,10(16)17)4-5-8(14)6(12)3-7(13)9(5)15/h3,15H,4H2,1-2H3,(H,16,17). The highest BCUT2D eigenvalue weighted by Gasteiger charge is 2.31. The summed E-state index contributed by atoms with van der Waals surface area (Å²) in [7, 11) is 0. The van der Waals surface area contributed by atoms with Crippen LogP contribution in [-0.4, -0.2) is 16.2 Å². The molecule has 2 N–H and O–H groups in total. The molecule has 0 atom stereocenters. The summed E-state index contributed by atoms with van der Waals surface area (Å²) in [5.74, 6) is -3.84. The Hall–Kier alpha value is -1.17. The van der Waals surface area contributed by atoms with Crippen molar-refractivity contribution in [3.8, 4) is 5.75 Å². The molecule has 1 rings (SSSR count). The molecule has 0 unspecified atom stereocenters. The molecule has 0 heterocycles. The van der Waals surface area contributed by atoms with E-state index in [4.69, 9.17) is 5.11 Å². The highest BCUT2D eigenvalue weighted by Crippen LogP contribution is 2.34. The molecule has 3 nitrogen and oxygen atoms in total. The molecule has 0 saturated carbocycles. The van der Waals surface area contributed by atoms with Crippen molar-refractivity contribution >= 4 is 21.9 Å². The fourth-order valence-corrected chi connectivity index (χ4v) is 1.75. The zero-order valence-electron chi connectivity index (χ0n) is 9.22. The summed E-state index contributed by atoms with van der Waals surface area (Å²) in [4.78, 5) is 10.9. The Balaban J connectivity index is 3.28. The number of aliphatic carboxylic acids is 1. The van der Waals surface area contributed by atoms with Crippen molar-refractivity contribution in [1.82, 2.24) is 0 Å². The molecule has 17 heavy (non-hydrogen) atoms. The number of phenolic OH excluding ortho intramolecular Hbond substituents is 1. The van der Waals surface area contributed by atoms with E-state index in [-0.39, 0.29) is 16.5 Å². The number of benzene rings is 1. The quantitative estimate of drug-likeness (QED) is 0.844. The molecule has 6 heteroatoms. The molecular weight excluding hydrogens is 298 g/mol. The van der Waals surface area contributed by atoms with Gasteiger partial charge in [-0.05, 0) is 42.3 Å². The van der Waals surface area contributed by atoms with E-state index in [9.17, 15) is 18.7 Å². The van der Waals surface area contributed by atoms with Crippen LogP contribution in [0.5, 0.6) is 5.75 Å². The van der Waals surface area contributed by atoms with Crippen LogP contribution >= 0.6 is 15.9 Å². The Morgan fingerprint density at radius 1 is 1.47 bits per heavy atom. The summed E-state index contributed by atoms with van der Waals surface area (Å²) in [5.41, 5.74) is -1.64. The number of phenols is 1. The fourth-order valence-electron chi connectivity index (χ4n) is 1.31. The van der Waals surface area contributed by atoms with Gasteiger partial charge in [0.1, 0.15) is 5.82 Å². The molecule has 0 aliphatic rings. The first-order valence-electron chi connectivity index (χ1n) is 4.75. The largest absolute Gasteiger partial charge is 0.505 e. The second-order valence-electron chi connectivity index (χ2n) is 4.35. The molecule has 0 aromatic heterocycles. The number of hydrogen-bond donors (Lipinski definition) is 2. The maximum atomic E-state index is 13.7. The maximum absolute atomic E-state index is 13.7. The molecule has 0 radical (unpaired) electrons. The fraction of sp³-hybridized carbons (Fsp3) is 0.364. The average Bonchev–Trinajstić information content (AvgIpc) is 2.21. The second kappa shape index (κ2) is 4.60. The van der Waals surface area contributed by atoms with Crippen molar-refractivity contribution in [2.45, 2.75) is 20.3 Å². The van der Waals surface area contributed by atoms with Gasteiger partial charge in [0.15, 0.2) is 11.6 Å². The summed E-state index contributed by atoms with van der Waals surface area (Å²) >= 11 is 2.80. The van der Waals surface area contributed by atoms with Crippen molar-refractivity contribution in [1.29, 1.82) is 0 Å². The highest BCUT2D eigenvalue weighted by atomic mass is 79.9. The van der Waals surface area contributed by atoms with Gasteiger partial charge < -0.3 is 10.2 Å². The Bertz CT molecular complexity index is 446. The van der Waals surface area contributed by atoms with Crippen LogP contribution in [-0.2, 0) is 11.2 Å². The maximum Gasteiger partial charge on any atom is 0.309 e. The lowest BCUT2D eigenvalue weighted by Gasteiger charge is -2.20. The van der Waals surface area contributed by atoms with Crippen molar-refractivity contribution in [2.24, 2.45) is 5.41 Å². The molecule has 0 fully saturated rings.